The van der Waals surface area contributed by atoms with Crippen molar-refractivity contribution in [1.82, 2.24) is 24.6 Å². The quantitative estimate of drug-likeness (QED) is 0.414. The van der Waals surface area contributed by atoms with Gasteiger partial charge in [-0.15, -0.1) is 10.2 Å². The maximum Gasteiger partial charge on any atom is 0.253 e. The number of aryl methyl sites for hydroxylation is 1. The number of benzene rings is 2. The van der Waals surface area contributed by atoms with E-state index in [4.69, 9.17) is 4.74 Å². The summed E-state index contributed by atoms with van der Waals surface area (Å²) in [5.74, 6) is 0.519. The summed E-state index contributed by atoms with van der Waals surface area (Å²) >= 11 is 1.20. The number of fused-ring (bicyclic) bond motifs is 1. The molecule has 0 bridgehead atoms. The average Bonchev–Trinajstić information content (AvgIpc) is 3.48. The highest BCUT2D eigenvalue weighted by Gasteiger charge is 2.33. The number of halogens is 1. The number of aromatic amines is 1. The van der Waals surface area contributed by atoms with E-state index in [-0.39, 0.29) is 29.1 Å². The van der Waals surface area contributed by atoms with Crippen LogP contribution in [0.5, 0.6) is 5.75 Å². The minimum Gasteiger partial charge on any atom is -0.497 e. The summed E-state index contributed by atoms with van der Waals surface area (Å²) in [6.07, 6.45) is 0.489. The van der Waals surface area contributed by atoms with Crippen LogP contribution in [-0.4, -0.2) is 49.1 Å². The molecule has 0 radical (unpaired) electrons. The summed E-state index contributed by atoms with van der Waals surface area (Å²) in [6, 6.07) is 14.7. The summed E-state index contributed by atoms with van der Waals surface area (Å²) in [7, 11) is 1.60. The number of carbonyl (C=O) groups is 1. The van der Waals surface area contributed by atoms with E-state index in [2.05, 4.69) is 20.3 Å². The fraction of sp³-hybridized carbons (Fsp3) is 0.208. The molecule has 1 N–H and O–H groups in total. The molecule has 0 fully saturated rings. The molecule has 35 heavy (non-hydrogen) atoms. The lowest BCUT2D eigenvalue weighted by atomic mass is 9.98. The molecule has 1 atom stereocenters. The van der Waals surface area contributed by atoms with E-state index in [1.807, 2.05) is 24.3 Å². The Morgan fingerprint density at radius 3 is 2.63 bits per heavy atom. The third-order valence-corrected chi connectivity index (χ3v) is 6.64. The van der Waals surface area contributed by atoms with Crippen LogP contribution in [0.2, 0.25) is 0 Å². The van der Waals surface area contributed by atoms with E-state index in [1.54, 1.807) is 30.6 Å². The van der Waals surface area contributed by atoms with Crippen molar-refractivity contribution < 1.29 is 13.9 Å². The summed E-state index contributed by atoms with van der Waals surface area (Å²) < 4.78 is 20.5. The van der Waals surface area contributed by atoms with E-state index in [9.17, 15) is 14.0 Å². The van der Waals surface area contributed by atoms with Crippen molar-refractivity contribution in [3.05, 3.63) is 87.6 Å². The highest BCUT2D eigenvalue weighted by Crippen LogP contribution is 2.34. The molecule has 0 spiro atoms. The first kappa shape index (κ1) is 22.8. The first-order valence-corrected chi connectivity index (χ1v) is 11.8. The van der Waals surface area contributed by atoms with Gasteiger partial charge in [-0.25, -0.2) is 9.40 Å². The molecule has 0 aliphatic carbocycles. The van der Waals surface area contributed by atoms with Crippen molar-refractivity contribution in [2.75, 3.05) is 12.9 Å². The van der Waals surface area contributed by atoms with Crippen LogP contribution >= 0.6 is 11.8 Å². The molecule has 3 heterocycles. The Balaban J connectivity index is 1.41. The second kappa shape index (κ2) is 9.34. The minimum atomic E-state index is -0.367. The van der Waals surface area contributed by atoms with Crippen LogP contribution < -0.4 is 10.3 Å². The average molecular weight is 493 g/mol. The summed E-state index contributed by atoms with van der Waals surface area (Å²) in [5, 5.41) is 14.7. The number of H-pyrrole nitrogens is 1. The number of hydrogen-bond acceptors (Lipinski definition) is 7. The molecule has 0 saturated carbocycles. The van der Waals surface area contributed by atoms with Crippen LogP contribution in [0.15, 0.2) is 69.6 Å². The third-order valence-electron chi connectivity index (χ3n) is 5.73. The van der Waals surface area contributed by atoms with Gasteiger partial charge in [0.15, 0.2) is 5.16 Å². The van der Waals surface area contributed by atoms with E-state index in [0.717, 1.165) is 22.6 Å². The van der Waals surface area contributed by atoms with Crippen molar-refractivity contribution >= 4 is 29.2 Å². The normalized spacial score (nSPS) is 15.5. The molecule has 11 heteroatoms. The SMILES string of the molecule is COc1ccc(C2=NN(C(=O)CSc3nnc4[nH]c(=O)cc(C)n34)[C@@H](c3ccc(F)cc3)C2)cc1. The number of thioether (sulfide) groups is 1. The Bertz CT molecular complexity index is 1480. The first-order chi connectivity index (χ1) is 16.9. The monoisotopic (exact) mass is 492 g/mol. The molecule has 2 aromatic carbocycles. The minimum absolute atomic E-state index is 0.0520. The van der Waals surface area contributed by atoms with Crippen LogP contribution in [0.25, 0.3) is 5.78 Å². The molecule has 178 valence electrons. The second-order valence-electron chi connectivity index (χ2n) is 7.99. The molecule has 4 aromatic rings. The van der Waals surface area contributed by atoms with Gasteiger partial charge in [0.25, 0.3) is 11.5 Å². The molecule has 0 saturated heterocycles. The number of nitrogens with one attached hydrogen (secondary N) is 1. The van der Waals surface area contributed by atoms with Crippen LogP contribution in [-0.2, 0) is 4.79 Å². The predicted molar refractivity (Wildman–Crippen MR) is 129 cm³/mol. The van der Waals surface area contributed by atoms with Gasteiger partial charge in [0.1, 0.15) is 11.6 Å². The van der Waals surface area contributed by atoms with Gasteiger partial charge in [-0.05, 0) is 54.4 Å². The number of methoxy groups -OCH3 is 1. The van der Waals surface area contributed by atoms with Crippen LogP contribution in [0.4, 0.5) is 4.39 Å². The standard InChI is InChI=1S/C24H21FN6O3S/c1-14-11-21(32)26-23-27-28-24(30(14)23)35-13-22(33)31-20(16-3-7-17(25)8-4-16)12-19(29-31)15-5-9-18(34-2)10-6-15/h3-11,20H,12-13H2,1-2H3,(H,26,27,32)/t20-/m1/s1. The largest absolute Gasteiger partial charge is 0.497 e. The lowest BCUT2D eigenvalue weighted by Crippen LogP contribution is -2.28. The molecule has 1 aliphatic rings. The lowest BCUT2D eigenvalue weighted by Gasteiger charge is -2.21. The highest BCUT2D eigenvalue weighted by atomic mass is 32.2. The Labute approximate surface area is 203 Å². The number of aromatic nitrogens is 4. The number of amides is 1. The van der Waals surface area contributed by atoms with E-state index in [0.29, 0.717) is 23.0 Å². The van der Waals surface area contributed by atoms with Gasteiger partial charge >= 0.3 is 0 Å². The van der Waals surface area contributed by atoms with Crippen LogP contribution in [0.3, 0.4) is 0 Å². The lowest BCUT2D eigenvalue weighted by molar-refractivity contribution is -0.130. The Morgan fingerprint density at radius 1 is 1.17 bits per heavy atom. The third kappa shape index (κ3) is 4.54. The van der Waals surface area contributed by atoms with Gasteiger partial charge in [-0.2, -0.15) is 5.10 Å². The van der Waals surface area contributed by atoms with E-state index >= 15 is 0 Å². The molecule has 5 rings (SSSR count). The summed E-state index contributed by atoms with van der Waals surface area (Å²) in [4.78, 5) is 27.6. The number of hydrazone groups is 1. The highest BCUT2D eigenvalue weighted by molar-refractivity contribution is 7.99. The zero-order valence-corrected chi connectivity index (χ0v) is 19.8. The topological polar surface area (TPSA) is 105 Å². The second-order valence-corrected chi connectivity index (χ2v) is 8.93. The molecular weight excluding hydrogens is 471 g/mol. The van der Waals surface area contributed by atoms with Crippen molar-refractivity contribution in [3.8, 4) is 5.75 Å². The van der Waals surface area contributed by atoms with Crippen molar-refractivity contribution in [2.24, 2.45) is 5.10 Å². The van der Waals surface area contributed by atoms with Crippen molar-refractivity contribution in [1.29, 1.82) is 0 Å². The Kier molecular flexibility index (Phi) is 6.08. The van der Waals surface area contributed by atoms with Gasteiger partial charge in [0, 0.05) is 18.2 Å². The number of carbonyl (C=O) groups excluding carboxylic acids is 1. The molecule has 2 aromatic heterocycles. The molecular formula is C24H21FN6O3S. The van der Waals surface area contributed by atoms with Crippen molar-refractivity contribution in [2.45, 2.75) is 24.5 Å². The molecule has 1 aliphatic heterocycles. The number of rotatable bonds is 6. The summed E-state index contributed by atoms with van der Waals surface area (Å²) in [6.45, 7) is 1.77. The molecule has 9 nitrogen and oxygen atoms in total. The smallest absolute Gasteiger partial charge is 0.253 e. The Hall–Kier alpha value is -3.99. The fourth-order valence-corrected chi connectivity index (χ4v) is 4.84. The van der Waals surface area contributed by atoms with E-state index in [1.165, 1.54) is 35.0 Å². The van der Waals surface area contributed by atoms with E-state index < -0.39 is 0 Å². The predicted octanol–water partition coefficient (Wildman–Crippen LogP) is 3.34. The maximum atomic E-state index is 13.5. The first-order valence-electron chi connectivity index (χ1n) is 10.8. The van der Waals surface area contributed by atoms with Gasteiger partial charge in [0.05, 0.1) is 24.6 Å². The summed E-state index contributed by atoms with van der Waals surface area (Å²) in [5.41, 5.74) is 2.81. The van der Waals surface area contributed by atoms with Crippen molar-refractivity contribution in [3.63, 3.8) is 0 Å². The zero-order valence-electron chi connectivity index (χ0n) is 18.9. The van der Waals surface area contributed by atoms with Crippen LogP contribution in [0.1, 0.15) is 29.3 Å². The molecule has 1 amide bonds. The van der Waals surface area contributed by atoms with Gasteiger partial charge in [-0.1, -0.05) is 23.9 Å². The van der Waals surface area contributed by atoms with Crippen LogP contribution in [0, 0.1) is 12.7 Å². The number of ether oxygens (including phenoxy) is 1. The fourth-order valence-electron chi connectivity index (χ4n) is 4.00. The molecule has 0 unspecified atom stereocenters. The maximum absolute atomic E-state index is 13.5. The van der Waals surface area contributed by atoms with Gasteiger partial charge in [0.2, 0.25) is 5.78 Å². The van der Waals surface area contributed by atoms with Gasteiger partial charge < -0.3 is 4.74 Å². The number of nitrogens with zero attached hydrogens (tertiary/aromatic N) is 5. The van der Waals surface area contributed by atoms with Gasteiger partial charge in [-0.3, -0.25) is 19.0 Å². The zero-order chi connectivity index (χ0) is 24.5. The number of hydrogen-bond donors (Lipinski definition) is 1. The Morgan fingerprint density at radius 2 is 1.91 bits per heavy atom.